The second-order valence-electron chi connectivity index (χ2n) is 6.63. The van der Waals surface area contributed by atoms with Crippen LogP contribution in [-0.2, 0) is 6.42 Å². The summed E-state index contributed by atoms with van der Waals surface area (Å²) in [6.45, 7) is 6.22. The summed E-state index contributed by atoms with van der Waals surface area (Å²) < 4.78 is 0. The van der Waals surface area contributed by atoms with Crippen LogP contribution in [0.2, 0.25) is 0 Å². The van der Waals surface area contributed by atoms with Crippen molar-refractivity contribution in [3.8, 4) is 0 Å². The molecular weight excluding hydrogens is 288 g/mol. The Labute approximate surface area is 138 Å². The van der Waals surface area contributed by atoms with E-state index in [1.54, 1.807) is 0 Å². The van der Waals surface area contributed by atoms with Gasteiger partial charge in [-0.2, -0.15) is 0 Å². The number of benzene rings is 1. The van der Waals surface area contributed by atoms with Gasteiger partial charge in [0.05, 0.1) is 6.54 Å². The van der Waals surface area contributed by atoms with E-state index in [9.17, 15) is 4.79 Å². The summed E-state index contributed by atoms with van der Waals surface area (Å²) in [7, 11) is 0. The molecule has 0 aliphatic carbocycles. The zero-order valence-corrected chi connectivity index (χ0v) is 13.9. The quantitative estimate of drug-likeness (QED) is 0.683. The monoisotopic (exact) mass is 314 g/mol. The minimum Gasteiger partial charge on any atom is -0.370 e. The number of fused-ring (bicyclic) bond motifs is 1. The molecule has 0 saturated carbocycles. The maximum Gasteiger partial charge on any atom is 0.254 e. The summed E-state index contributed by atoms with van der Waals surface area (Å²) in [5, 5.41) is 0. The summed E-state index contributed by atoms with van der Waals surface area (Å²) in [6, 6.07) is 7.87. The Balaban J connectivity index is 1.55. The number of nitrogens with two attached hydrogens (primary N) is 1. The molecular formula is C18H26N4O. The number of carbonyl (C=O) groups excluding carboxylic acids is 1. The number of rotatable bonds is 3. The van der Waals surface area contributed by atoms with E-state index in [2.05, 4.69) is 16.8 Å². The highest BCUT2D eigenvalue weighted by molar-refractivity contribution is 5.96. The van der Waals surface area contributed by atoms with Crippen LogP contribution < -0.4 is 5.73 Å². The zero-order valence-electron chi connectivity index (χ0n) is 13.9. The van der Waals surface area contributed by atoms with Crippen LogP contribution in [0, 0.1) is 5.92 Å². The molecule has 2 N–H and O–H groups in total. The molecule has 2 aliphatic rings. The van der Waals surface area contributed by atoms with E-state index in [1.807, 2.05) is 29.2 Å². The van der Waals surface area contributed by atoms with Crippen molar-refractivity contribution < 1.29 is 4.79 Å². The Bertz CT molecular complexity index is 598. The third kappa shape index (κ3) is 3.66. The lowest BCUT2D eigenvalue weighted by atomic mass is 9.99. The highest BCUT2D eigenvalue weighted by Gasteiger charge is 2.23. The summed E-state index contributed by atoms with van der Waals surface area (Å²) in [5.74, 6) is 1.42. The van der Waals surface area contributed by atoms with Crippen molar-refractivity contribution >= 4 is 11.9 Å². The van der Waals surface area contributed by atoms with Crippen LogP contribution in [0.3, 0.4) is 0 Å². The number of likely N-dealkylation sites (tertiary alicyclic amines) is 1. The van der Waals surface area contributed by atoms with Gasteiger partial charge in [0.1, 0.15) is 0 Å². The Morgan fingerprint density at radius 3 is 3.00 bits per heavy atom. The lowest BCUT2D eigenvalue weighted by molar-refractivity contribution is 0.0745. The van der Waals surface area contributed by atoms with Gasteiger partial charge in [0.2, 0.25) is 0 Å². The number of amides is 1. The van der Waals surface area contributed by atoms with E-state index in [1.165, 1.54) is 12.8 Å². The van der Waals surface area contributed by atoms with Gasteiger partial charge in [-0.05, 0) is 36.8 Å². The van der Waals surface area contributed by atoms with Gasteiger partial charge in [0.25, 0.3) is 5.91 Å². The number of carbonyl (C=O) groups is 1. The normalized spacial score (nSPS) is 22.2. The van der Waals surface area contributed by atoms with E-state index in [0.717, 1.165) is 37.2 Å². The minimum absolute atomic E-state index is 0.118. The van der Waals surface area contributed by atoms with Crippen molar-refractivity contribution in [2.45, 2.75) is 26.2 Å². The van der Waals surface area contributed by atoms with E-state index in [-0.39, 0.29) is 5.91 Å². The first-order chi connectivity index (χ1) is 11.1. The van der Waals surface area contributed by atoms with E-state index < -0.39 is 0 Å². The summed E-state index contributed by atoms with van der Waals surface area (Å²) in [6.07, 6.45) is 3.37. The van der Waals surface area contributed by atoms with Gasteiger partial charge in [-0.15, -0.1) is 0 Å². The van der Waals surface area contributed by atoms with Crippen LogP contribution in [0.5, 0.6) is 0 Å². The molecule has 0 spiro atoms. The SMILES string of the molecule is CC1CCCN(C(N)=NCCN2CCc3ccccc3C2=O)C1. The first-order valence-electron chi connectivity index (χ1n) is 8.57. The molecule has 1 amide bonds. The smallest absolute Gasteiger partial charge is 0.254 e. The maximum atomic E-state index is 12.5. The number of guanidine groups is 1. The molecule has 23 heavy (non-hydrogen) atoms. The van der Waals surface area contributed by atoms with E-state index in [0.29, 0.717) is 25.0 Å². The Hall–Kier alpha value is -2.04. The molecule has 1 atom stereocenters. The van der Waals surface area contributed by atoms with E-state index >= 15 is 0 Å². The van der Waals surface area contributed by atoms with Crippen molar-refractivity contribution in [1.82, 2.24) is 9.80 Å². The lowest BCUT2D eigenvalue weighted by Crippen LogP contribution is -2.44. The van der Waals surface area contributed by atoms with Gasteiger partial charge in [0, 0.05) is 31.7 Å². The summed E-state index contributed by atoms with van der Waals surface area (Å²) in [4.78, 5) is 21.0. The van der Waals surface area contributed by atoms with Crippen LogP contribution in [0.15, 0.2) is 29.3 Å². The molecule has 5 heteroatoms. The van der Waals surface area contributed by atoms with Crippen LogP contribution >= 0.6 is 0 Å². The maximum absolute atomic E-state index is 12.5. The standard InChI is InChI=1S/C18H26N4O/c1-14-5-4-10-22(13-14)18(19)20-9-12-21-11-8-15-6-2-3-7-16(15)17(21)23/h2-3,6-7,14H,4-5,8-13H2,1H3,(H2,19,20). The van der Waals surface area contributed by atoms with Crippen LogP contribution in [-0.4, -0.2) is 54.4 Å². The third-order valence-corrected chi connectivity index (χ3v) is 4.81. The molecule has 1 aromatic carbocycles. The highest BCUT2D eigenvalue weighted by atomic mass is 16.2. The number of piperidine rings is 1. The Kier molecular flexibility index (Phi) is 4.84. The van der Waals surface area contributed by atoms with Gasteiger partial charge in [-0.25, -0.2) is 0 Å². The molecule has 0 radical (unpaired) electrons. The zero-order chi connectivity index (χ0) is 16.2. The molecule has 1 unspecified atom stereocenters. The molecule has 2 heterocycles. The number of aliphatic imine (C=N–C) groups is 1. The molecule has 1 saturated heterocycles. The average molecular weight is 314 g/mol. The van der Waals surface area contributed by atoms with Gasteiger partial charge < -0.3 is 15.5 Å². The molecule has 3 rings (SSSR count). The fourth-order valence-corrected chi connectivity index (χ4v) is 3.47. The van der Waals surface area contributed by atoms with Crippen LogP contribution in [0.1, 0.15) is 35.7 Å². The Morgan fingerprint density at radius 2 is 2.17 bits per heavy atom. The number of hydrogen-bond acceptors (Lipinski definition) is 2. The Morgan fingerprint density at radius 1 is 1.35 bits per heavy atom. The van der Waals surface area contributed by atoms with Crippen molar-refractivity contribution in [3.05, 3.63) is 35.4 Å². The number of nitrogens with zero attached hydrogens (tertiary/aromatic N) is 3. The van der Waals surface area contributed by atoms with Crippen molar-refractivity contribution in [2.75, 3.05) is 32.7 Å². The largest absolute Gasteiger partial charge is 0.370 e. The predicted octanol–water partition coefficient (Wildman–Crippen LogP) is 1.73. The minimum atomic E-state index is 0.118. The molecule has 0 bridgehead atoms. The van der Waals surface area contributed by atoms with E-state index in [4.69, 9.17) is 5.73 Å². The lowest BCUT2D eigenvalue weighted by Gasteiger charge is -2.32. The first-order valence-corrected chi connectivity index (χ1v) is 8.57. The molecule has 5 nitrogen and oxygen atoms in total. The van der Waals surface area contributed by atoms with Crippen molar-refractivity contribution in [1.29, 1.82) is 0 Å². The molecule has 124 valence electrons. The van der Waals surface area contributed by atoms with Crippen molar-refractivity contribution in [2.24, 2.45) is 16.6 Å². The number of hydrogen-bond donors (Lipinski definition) is 1. The first kappa shape index (κ1) is 15.8. The molecule has 1 fully saturated rings. The fraction of sp³-hybridized carbons (Fsp3) is 0.556. The summed E-state index contributed by atoms with van der Waals surface area (Å²) in [5.41, 5.74) is 8.10. The second kappa shape index (κ2) is 7.02. The van der Waals surface area contributed by atoms with Gasteiger partial charge in [-0.1, -0.05) is 25.1 Å². The molecule has 0 aromatic heterocycles. The second-order valence-corrected chi connectivity index (χ2v) is 6.63. The van der Waals surface area contributed by atoms with Gasteiger partial charge in [0.15, 0.2) is 5.96 Å². The average Bonchev–Trinajstić information content (AvgIpc) is 2.57. The van der Waals surface area contributed by atoms with Crippen LogP contribution in [0.4, 0.5) is 0 Å². The molecule has 1 aromatic rings. The van der Waals surface area contributed by atoms with Crippen LogP contribution in [0.25, 0.3) is 0 Å². The van der Waals surface area contributed by atoms with Gasteiger partial charge in [-0.3, -0.25) is 9.79 Å². The summed E-state index contributed by atoms with van der Waals surface area (Å²) >= 11 is 0. The molecule has 2 aliphatic heterocycles. The predicted molar refractivity (Wildman–Crippen MR) is 92.5 cm³/mol. The third-order valence-electron chi connectivity index (χ3n) is 4.81. The van der Waals surface area contributed by atoms with Gasteiger partial charge >= 0.3 is 0 Å². The highest BCUT2D eigenvalue weighted by Crippen LogP contribution is 2.18. The fourth-order valence-electron chi connectivity index (χ4n) is 3.47. The van der Waals surface area contributed by atoms with Crippen molar-refractivity contribution in [3.63, 3.8) is 0 Å². The topological polar surface area (TPSA) is 61.9 Å².